The van der Waals surface area contributed by atoms with Gasteiger partial charge in [-0.05, 0) is 55.0 Å². The van der Waals surface area contributed by atoms with Crippen molar-refractivity contribution in [2.24, 2.45) is 11.8 Å². The predicted octanol–water partition coefficient (Wildman–Crippen LogP) is 4.34. The number of anilines is 1. The lowest BCUT2D eigenvalue weighted by Crippen LogP contribution is -2.55. The van der Waals surface area contributed by atoms with Gasteiger partial charge in [0.1, 0.15) is 6.04 Å². The number of amides is 2. The number of hydrogen-bond donors (Lipinski definition) is 1. The highest BCUT2D eigenvalue weighted by atomic mass is 32.2. The zero-order valence-electron chi connectivity index (χ0n) is 22.2. The molecule has 3 fully saturated rings. The topological polar surface area (TPSA) is 87.1 Å². The first-order valence-corrected chi connectivity index (χ1v) is 14.6. The smallest absolute Gasteiger partial charge is 0.310 e. The van der Waals surface area contributed by atoms with Gasteiger partial charge in [-0.3, -0.25) is 14.4 Å². The molecular weight excluding hydrogens is 512 g/mol. The molecule has 1 spiro atoms. The van der Waals surface area contributed by atoms with E-state index in [1.54, 1.807) is 33.7 Å². The molecule has 3 heterocycles. The maximum absolute atomic E-state index is 14.5. The molecule has 7 nitrogen and oxygen atoms in total. The van der Waals surface area contributed by atoms with Crippen LogP contribution in [0.5, 0.6) is 0 Å². The summed E-state index contributed by atoms with van der Waals surface area (Å²) in [7, 11) is 0. The van der Waals surface area contributed by atoms with Crippen LogP contribution >= 0.6 is 11.8 Å². The van der Waals surface area contributed by atoms with Crippen molar-refractivity contribution in [3.05, 3.63) is 67.8 Å². The molecule has 0 radical (unpaired) electrons. The number of aliphatic hydroxyl groups excluding tert-OH is 1. The van der Waals surface area contributed by atoms with E-state index in [-0.39, 0.29) is 42.8 Å². The summed E-state index contributed by atoms with van der Waals surface area (Å²) in [6, 6.07) is 13.2. The standard InChI is InChI=1S/C31H36N2O5S/c1-3-5-8-19-38-30(37)25-24-14-15-31(39-24)26(25)28(35)33(17-9-18-34)27(31)29(36)32(16-4-2)23-13-12-21-10-6-7-11-22(21)20-23/h3-4,6-7,10-13,20,24-27,34H,1-2,5,8-9,14-19H2/t24-,25+,26+,27?,31?/m1/s1. The zero-order chi connectivity index (χ0) is 27.6. The zero-order valence-corrected chi connectivity index (χ0v) is 23.0. The number of carbonyl (C=O) groups excluding carboxylic acids is 3. The molecule has 206 valence electrons. The number of fused-ring (bicyclic) bond motifs is 2. The largest absolute Gasteiger partial charge is 0.465 e. The van der Waals surface area contributed by atoms with Crippen LogP contribution in [-0.2, 0) is 19.1 Å². The van der Waals surface area contributed by atoms with E-state index in [9.17, 15) is 19.5 Å². The van der Waals surface area contributed by atoms with E-state index in [0.717, 1.165) is 29.3 Å². The van der Waals surface area contributed by atoms with E-state index in [2.05, 4.69) is 13.2 Å². The van der Waals surface area contributed by atoms with Gasteiger partial charge in [-0.1, -0.05) is 42.5 Å². The molecule has 5 rings (SSSR count). The van der Waals surface area contributed by atoms with Gasteiger partial charge in [0.2, 0.25) is 5.91 Å². The maximum atomic E-state index is 14.5. The summed E-state index contributed by atoms with van der Waals surface area (Å²) >= 11 is 1.62. The summed E-state index contributed by atoms with van der Waals surface area (Å²) in [6.45, 7) is 8.35. The molecule has 0 aromatic heterocycles. The number of likely N-dealkylation sites (tertiary alicyclic amines) is 1. The van der Waals surface area contributed by atoms with Crippen molar-refractivity contribution in [1.29, 1.82) is 0 Å². The molecule has 2 aromatic rings. The average molecular weight is 549 g/mol. The second-order valence-electron chi connectivity index (χ2n) is 10.5. The maximum Gasteiger partial charge on any atom is 0.310 e. The van der Waals surface area contributed by atoms with Gasteiger partial charge in [-0.15, -0.1) is 24.9 Å². The van der Waals surface area contributed by atoms with Gasteiger partial charge in [0.25, 0.3) is 5.91 Å². The number of rotatable bonds is 12. The molecule has 2 aromatic carbocycles. The number of unbranched alkanes of at least 4 members (excludes halogenated alkanes) is 1. The van der Waals surface area contributed by atoms with Crippen LogP contribution < -0.4 is 4.90 Å². The number of allylic oxidation sites excluding steroid dienone is 1. The number of nitrogens with zero attached hydrogens (tertiary/aromatic N) is 2. The van der Waals surface area contributed by atoms with Crippen LogP contribution in [0, 0.1) is 11.8 Å². The first kappa shape index (κ1) is 27.5. The minimum Gasteiger partial charge on any atom is -0.465 e. The first-order chi connectivity index (χ1) is 19.0. The SMILES string of the molecule is C=CCCCOC(=O)[C@@H]1[C@H]2C(=O)N(CCCO)C(C(=O)N(CC=C)c3ccc4ccccc4c3)C23CC[C@H]1S3. The van der Waals surface area contributed by atoms with Crippen molar-refractivity contribution >= 4 is 46.0 Å². The fraction of sp³-hybridized carbons (Fsp3) is 0.452. The van der Waals surface area contributed by atoms with Crippen LogP contribution in [0.2, 0.25) is 0 Å². The van der Waals surface area contributed by atoms with Crippen molar-refractivity contribution in [2.75, 3.05) is 31.2 Å². The highest BCUT2D eigenvalue weighted by molar-refractivity contribution is 8.02. The van der Waals surface area contributed by atoms with E-state index < -0.39 is 22.6 Å². The Hall–Kier alpha value is -3.10. The average Bonchev–Trinajstić information content (AvgIpc) is 3.59. The van der Waals surface area contributed by atoms with Crippen LogP contribution in [0.15, 0.2) is 67.8 Å². The fourth-order valence-corrected chi connectivity index (χ4v) is 8.82. The minimum atomic E-state index is -0.735. The Labute approximate surface area is 233 Å². The van der Waals surface area contributed by atoms with Gasteiger partial charge in [0, 0.05) is 30.6 Å². The van der Waals surface area contributed by atoms with Crippen molar-refractivity contribution in [3.8, 4) is 0 Å². The summed E-state index contributed by atoms with van der Waals surface area (Å²) in [5, 5.41) is 11.6. The van der Waals surface area contributed by atoms with Gasteiger partial charge in [-0.2, -0.15) is 0 Å². The second kappa shape index (κ2) is 11.6. The predicted molar refractivity (Wildman–Crippen MR) is 154 cm³/mol. The molecule has 39 heavy (non-hydrogen) atoms. The van der Waals surface area contributed by atoms with E-state index in [1.807, 2.05) is 42.5 Å². The van der Waals surface area contributed by atoms with E-state index in [0.29, 0.717) is 25.8 Å². The third-order valence-corrected chi connectivity index (χ3v) is 10.2. The molecule has 3 saturated heterocycles. The third kappa shape index (κ3) is 4.78. The Balaban J connectivity index is 1.49. The normalized spacial score (nSPS) is 27.0. The number of hydrogen-bond acceptors (Lipinski definition) is 6. The van der Waals surface area contributed by atoms with Gasteiger partial charge in [0.15, 0.2) is 0 Å². The lowest BCUT2D eigenvalue weighted by molar-refractivity contribution is -0.154. The number of carbonyl (C=O) groups is 3. The Morgan fingerprint density at radius 1 is 1.15 bits per heavy atom. The molecule has 1 N–H and O–H groups in total. The van der Waals surface area contributed by atoms with Crippen LogP contribution in [-0.4, -0.2) is 70.1 Å². The fourth-order valence-electron chi connectivity index (χ4n) is 6.62. The van der Waals surface area contributed by atoms with E-state index in [1.165, 1.54) is 0 Å². The van der Waals surface area contributed by atoms with Gasteiger partial charge >= 0.3 is 5.97 Å². The number of thioether (sulfide) groups is 1. The Morgan fingerprint density at radius 3 is 2.69 bits per heavy atom. The van der Waals surface area contributed by atoms with Crippen LogP contribution in [0.1, 0.15) is 32.1 Å². The molecule has 0 saturated carbocycles. The monoisotopic (exact) mass is 548 g/mol. The van der Waals surface area contributed by atoms with Gasteiger partial charge in [0.05, 0.1) is 23.2 Å². The molecule has 3 aliphatic rings. The van der Waals surface area contributed by atoms with Crippen LogP contribution in [0.4, 0.5) is 5.69 Å². The van der Waals surface area contributed by atoms with Gasteiger partial charge in [-0.25, -0.2) is 0 Å². The molecule has 2 amide bonds. The molecule has 3 aliphatic heterocycles. The summed E-state index contributed by atoms with van der Waals surface area (Å²) in [4.78, 5) is 45.1. The number of esters is 1. The highest BCUT2D eigenvalue weighted by Gasteiger charge is 2.74. The van der Waals surface area contributed by atoms with Crippen LogP contribution in [0.3, 0.4) is 0 Å². The van der Waals surface area contributed by atoms with Gasteiger partial charge < -0.3 is 19.6 Å². The van der Waals surface area contributed by atoms with Crippen LogP contribution in [0.25, 0.3) is 10.8 Å². The molecule has 2 bridgehead atoms. The third-order valence-electron chi connectivity index (χ3n) is 8.28. The van der Waals surface area contributed by atoms with Crippen molar-refractivity contribution in [1.82, 2.24) is 4.90 Å². The highest BCUT2D eigenvalue weighted by Crippen LogP contribution is 2.66. The minimum absolute atomic E-state index is 0.0466. The summed E-state index contributed by atoms with van der Waals surface area (Å²) < 4.78 is 4.92. The first-order valence-electron chi connectivity index (χ1n) is 13.7. The van der Waals surface area contributed by atoms with Crippen molar-refractivity contribution < 1.29 is 24.2 Å². The molecule has 8 heteroatoms. The quantitative estimate of drug-likeness (QED) is 0.241. The summed E-state index contributed by atoms with van der Waals surface area (Å²) in [5.41, 5.74) is 0.740. The van der Waals surface area contributed by atoms with E-state index >= 15 is 0 Å². The van der Waals surface area contributed by atoms with Crippen molar-refractivity contribution in [3.63, 3.8) is 0 Å². The lowest BCUT2D eigenvalue weighted by atomic mass is 9.71. The van der Waals surface area contributed by atoms with E-state index in [4.69, 9.17) is 4.74 Å². The Bertz CT molecular complexity index is 1280. The second-order valence-corrected chi connectivity index (χ2v) is 12.1. The lowest BCUT2D eigenvalue weighted by Gasteiger charge is -2.37. The Morgan fingerprint density at radius 2 is 1.95 bits per heavy atom. The Kier molecular flexibility index (Phi) is 8.14. The number of aliphatic hydroxyl groups is 1. The van der Waals surface area contributed by atoms with Crippen molar-refractivity contribution in [2.45, 2.75) is 48.1 Å². The molecule has 5 atom stereocenters. The number of ether oxygens (including phenoxy) is 1. The summed E-state index contributed by atoms with van der Waals surface area (Å²) in [5.74, 6) is -1.87. The molecule has 0 aliphatic carbocycles. The molecular formula is C31H36N2O5S. The summed E-state index contributed by atoms with van der Waals surface area (Å²) in [6.07, 6.45) is 6.73. The number of benzene rings is 2. The molecule has 2 unspecified atom stereocenters.